The number of aryl methyl sites for hydroxylation is 2. The van der Waals surface area contributed by atoms with Crippen LogP contribution in [0.15, 0.2) is 48.7 Å². The average molecular weight is 252 g/mol. The van der Waals surface area contributed by atoms with Crippen LogP contribution in [0, 0.1) is 0 Å². The summed E-state index contributed by atoms with van der Waals surface area (Å²) < 4.78 is 1.98. The topological polar surface area (TPSA) is 56.7 Å². The highest BCUT2D eigenvalue weighted by molar-refractivity contribution is 5.73. The molecule has 0 bridgehead atoms. The van der Waals surface area contributed by atoms with Gasteiger partial charge in [-0.3, -0.25) is 4.57 Å². The number of fused-ring (bicyclic) bond motifs is 1. The van der Waals surface area contributed by atoms with Crippen molar-refractivity contribution in [3.63, 3.8) is 0 Å². The molecule has 2 heterocycles. The van der Waals surface area contributed by atoms with Crippen molar-refractivity contribution in [3.05, 3.63) is 54.2 Å². The third-order valence-corrected chi connectivity index (χ3v) is 3.22. The number of pyridine rings is 1. The first-order valence-electron chi connectivity index (χ1n) is 6.45. The Kier molecular flexibility index (Phi) is 3.14. The van der Waals surface area contributed by atoms with Gasteiger partial charge in [0.05, 0.1) is 0 Å². The fourth-order valence-corrected chi connectivity index (χ4v) is 2.28. The molecule has 96 valence electrons. The molecule has 1 aromatic carbocycles. The Labute approximate surface area is 111 Å². The molecule has 0 radical (unpaired) electrons. The van der Waals surface area contributed by atoms with Gasteiger partial charge in [0.15, 0.2) is 5.65 Å². The van der Waals surface area contributed by atoms with Crippen molar-refractivity contribution < 1.29 is 0 Å². The van der Waals surface area contributed by atoms with Crippen LogP contribution >= 0.6 is 0 Å². The van der Waals surface area contributed by atoms with Crippen molar-refractivity contribution >= 4 is 17.1 Å². The van der Waals surface area contributed by atoms with Gasteiger partial charge in [0.25, 0.3) is 0 Å². The van der Waals surface area contributed by atoms with Crippen molar-refractivity contribution in [1.29, 1.82) is 0 Å². The van der Waals surface area contributed by atoms with Crippen LogP contribution < -0.4 is 5.73 Å². The summed E-state index contributed by atoms with van der Waals surface area (Å²) in [6, 6.07) is 14.3. The van der Waals surface area contributed by atoms with Gasteiger partial charge in [-0.15, -0.1) is 0 Å². The summed E-state index contributed by atoms with van der Waals surface area (Å²) in [7, 11) is 0. The van der Waals surface area contributed by atoms with Crippen LogP contribution in [0.4, 0.5) is 5.95 Å². The Morgan fingerprint density at radius 1 is 1.05 bits per heavy atom. The minimum absolute atomic E-state index is 0.543. The maximum Gasteiger partial charge on any atom is 0.202 e. The zero-order valence-electron chi connectivity index (χ0n) is 10.7. The summed E-state index contributed by atoms with van der Waals surface area (Å²) in [6.45, 7) is 0.842. The van der Waals surface area contributed by atoms with Crippen LogP contribution in [0.2, 0.25) is 0 Å². The third-order valence-electron chi connectivity index (χ3n) is 3.22. The fraction of sp³-hybridized carbons (Fsp3) is 0.200. The highest BCUT2D eigenvalue weighted by Crippen LogP contribution is 2.16. The highest BCUT2D eigenvalue weighted by atomic mass is 15.2. The van der Waals surface area contributed by atoms with Gasteiger partial charge in [-0.1, -0.05) is 30.3 Å². The van der Waals surface area contributed by atoms with Crippen LogP contribution in [0.1, 0.15) is 12.0 Å². The standard InChI is InChI=1S/C15H16N4/c16-15-18-13-9-4-10-17-14(13)19(15)11-5-8-12-6-2-1-3-7-12/h1-4,6-7,9-10H,5,8,11H2,(H2,16,18). The number of rotatable bonds is 4. The molecule has 0 unspecified atom stereocenters. The number of imidazole rings is 1. The van der Waals surface area contributed by atoms with Crippen molar-refractivity contribution in [2.24, 2.45) is 0 Å². The second-order valence-electron chi connectivity index (χ2n) is 4.56. The Bertz CT molecular complexity index is 673. The van der Waals surface area contributed by atoms with Crippen LogP contribution in [0.5, 0.6) is 0 Å². The minimum Gasteiger partial charge on any atom is -0.369 e. The first-order valence-corrected chi connectivity index (χ1v) is 6.45. The van der Waals surface area contributed by atoms with E-state index in [4.69, 9.17) is 5.73 Å². The van der Waals surface area contributed by atoms with Gasteiger partial charge in [-0.25, -0.2) is 9.97 Å². The molecule has 0 amide bonds. The smallest absolute Gasteiger partial charge is 0.202 e. The molecule has 0 aliphatic heterocycles. The van der Waals surface area contributed by atoms with Crippen LogP contribution in [-0.4, -0.2) is 14.5 Å². The molecule has 0 atom stereocenters. The maximum absolute atomic E-state index is 5.94. The Hall–Kier alpha value is -2.36. The zero-order chi connectivity index (χ0) is 13.1. The second-order valence-corrected chi connectivity index (χ2v) is 4.56. The molecule has 0 aliphatic rings. The summed E-state index contributed by atoms with van der Waals surface area (Å²) in [5.41, 5.74) is 9.02. The maximum atomic E-state index is 5.94. The van der Waals surface area contributed by atoms with Gasteiger partial charge in [0.1, 0.15) is 5.52 Å². The van der Waals surface area contributed by atoms with E-state index in [1.165, 1.54) is 5.56 Å². The van der Waals surface area contributed by atoms with E-state index in [1.54, 1.807) is 6.20 Å². The number of anilines is 1. The third kappa shape index (κ3) is 2.42. The molecule has 3 rings (SSSR count). The number of nitrogen functional groups attached to an aromatic ring is 1. The van der Waals surface area contributed by atoms with Crippen molar-refractivity contribution in [2.45, 2.75) is 19.4 Å². The number of benzene rings is 1. The SMILES string of the molecule is Nc1nc2cccnc2n1CCCc1ccccc1. The summed E-state index contributed by atoms with van der Waals surface area (Å²) in [6.07, 6.45) is 3.83. The molecule has 2 N–H and O–H groups in total. The van der Waals surface area contributed by atoms with Gasteiger partial charge >= 0.3 is 0 Å². The molecule has 0 aliphatic carbocycles. The van der Waals surface area contributed by atoms with E-state index in [9.17, 15) is 0 Å². The van der Waals surface area contributed by atoms with E-state index >= 15 is 0 Å². The minimum atomic E-state index is 0.543. The summed E-state index contributed by atoms with van der Waals surface area (Å²) in [4.78, 5) is 8.67. The lowest BCUT2D eigenvalue weighted by atomic mass is 10.1. The number of aromatic nitrogens is 3. The molecular weight excluding hydrogens is 236 g/mol. The molecular formula is C15H16N4. The van der Waals surface area contributed by atoms with Gasteiger partial charge in [0.2, 0.25) is 5.95 Å². The number of hydrogen-bond acceptors (Lipinski definition) is 3. The summed E-state index contributed by atoms with van der Waals surface area (Å²) in [5, 5.41) is 0. The first kappa shape index (κ1) is 11.7. The molecule has 4 heteroatoms. The zero-order valence-corrected chi connectivity index (χ0v) is 10.7. The van der Waals surface area contributed by atoms with E-state index < -0.39 is 0 Å². The van der Waals surface area contributed by atoms with Gasteiger partial charge < -0.3 is 5.73 Å². The number of nitrogens with zero attached hydrogens (tertiary/aromatic N) is 3. The van der Waals surface area contributed by atoms with E-state index in [0.29, 0.717) is 5.95 Å². The van der Waals surface area contributed by atoms with Gasteiger partial charge in [-0.05, 0) is 30.5 Å². The average Bonchev–Trinajstić information content (AvgIpc) is 2.76. The Morgan fingerprint density at radius 3 is 2.74 bits per heavy atom. The predicted octanol–water partition coefficient (Wildman–Crippen LogP) is 2.65. The predicted molar refractivity (Wildman–Crippen MR) is 76.7 cm³/mol. The van der Waals surface area contributed by atoms with Crippen molar-refractivity contribution in [1.82, 2.24) is 14.5 Å². The van der Waals surface area contributed by atoms with E-state index in [2.05, 4.69) is 34.2 Å². The molecule has 0 saturated carbocycles. The van der Waals surface area contributed by atoms with Crippen LogP contribution in [0.25, 0.3) is 11.2 Å². The number of nitrogens with two attached hydrogens (primary N) is 1. The first-order chi connectivity index (χ1) is 9.34. The molecule has 4 nitrogen and oxygen atoms in total. The van der Waals surface area contributed by atoms with Gasteiger partial charge in [0, 0.05) is 12.7 Å². The lowest BCUT2D eigenvalue weighted by molar-refractivity contribution is 0.660. The molecule has 3 aromatic rings. The molecule has 19 heavy (non-hydrogen) atoms. The van der Waals surface area contributed by atoms with E-state index in [0.717, 1.165) is 30.6 Å². The molecule has 0 fully saturated rings. The largest absolute Gasteiger partial charge is 0.369 e. The van der Waals surface area contributed by atoms with Crippen LogP contribution in [-0.2, 0) is 13.0 Å². The Morgan fingerprint density at radius 2 is 1.89 bits per heavy atom. The fourth-order valence-electron chi connectivity index (χ4n) is 2.28. The van der Waals surface area contributed by atoms with Crippen molar-refractivity contribution in [3.8, 4) is 0 Å². The lowest BCUT2D eigenvalue weighted by Gasteiger charge is -2.05. The normalized spacial score (nSPS) is 10.9. The highest BCUT2D eigenvalue weighted by Gasteiger charge is 2.07. The second kappa shape index (κ2) is 5.10. The summed E-state index contributed by atoms with van der Waals surface area (Å²) >= 11 is 0. The summed E-state index contributed by atoms with van der Waals surface area (Å²) in [5.74, 6) is 0.543. The molecule has 0 spiro atoms. The molecule has 2 aromatic heterocycles. The Balaban J connectivity index is 1.73. The lowest BCUT2D eigenvalue weighted by Crippen LogP contribution is -2.05. The van der Waals surface area contributed by atoms with E-state index in [1.807, 2.05) is 22.8 Å². The van der Waals surface area contributed by atoms with Crippen molar-refractivity contribution in [2.75, 3.05) is 5.73 Å². The quantitative estimate of drug-likeness (QED) is 0.776. The monoisotopic (exact) mass is 252 g/mol. The van der Waals surface area contributed by atoms with E-state index in [-0.39, 0.29) is 0 Å². The van der Waals surface area contributed by atoms with Gasteiger partial charge in [-0.2, -0.15) is 0 Å². The number of hydrogen-bond donors (Lipinski definition) is 1. The molecule has 0 saturated heterocycles. The van der Waals surface area contributed by atoms with Crippen LogP contribution in [0.3, 0.4) is 0 Å².